The zero-order valence-corrected chi connectivity index (χ0v) is 15.6. The standard InChI is InChI=1S/C20H18N4O5/c1-22(11-15-12-28-18-4-2-3-5-19(18)29-15)20(25)14-6-7-16(17(10-14)24(26)27)23-9-8-21-13-23/h2-10,13,15H,11-12H2,1H3. The number of imidazole rings is 1. The van der Waals surface area contributed by atoms with E-state index in [2.05, 4.69) is 4.98 Å². The number of nitrogens with zero attached hydrogens (tertiary/aromatic N) is 4. The van der Waals surface area contributed by atoms with E-state index in [1.54, 1.807) is 19.3 Å². The Morgan fingerprint density at radius 2 is 2.10 bits per heavy atom. The van der Waals surface area contributed by atoms with Gasteiger partial charge in [-0.3, -0.25) is 14.9 Å². The Kier molecular flexibility index (Phi) is 4.86. The number of aromatic nitrogens is 2. The van der Waals surface area contributed by atoms with Crippen molar-refractivity contribution in [3.8, 4) is 17.2 Å². The number of carbonyl (C=O) groups excluding carboxylic acids is 1. The molecule has 0 spiro atoms. The van der Waals surface area contributed by atoms with Gasteiger partial charge in [-0.1, -0.05) is 12.1 Å². The average Bonchev–Trinajstić information content (AvgIpc) is 3.27. The Morgan fingerprint density at radius 1 is 1.31 bits per heavy atom. The van der Waals surface area contributed by atoms with E-state index in [9.17, 15) is 14.9 Å². The van der Waals surface area contributed by atoms with Gasteiger partial charge < -0.3 is 18.9 Å². The number of nitro benzene ring substituents is 1. The van der Waals surface area contributed by atoms with E-state index in [0.29, 0.717) is 23.8 Å². The van der Waals surface area contributed by atoms with Crippen molar-refractivity contribution in [2.45, 2.75) is 6.10 Å². The smallest absolute Gasteiger partial charge is 0.294 e. The second kappa shape index (κ2) is 7.63. The molecule has 0 N–H and O–H groups in total. The molecule has 0 aliphatic carbocycles. The minimum atomic E-state index is -0.513. The average molecular weight is 394 g/mol. The van der Waals surface area contributed by atoms with Crippen LogP contribution in [0.25, 0.3) is 5.69 Å². The number of benzene rings is 2. The maximum absolute atomic E-state index is 12.8. The van der Waals surface area contributed by atoms with E-state index >= 15 is 0 Å². The van der Waals surface area contributed by atoms with E-state index in [0.717, 1.165) is 0 Å². The SMILES string of the molecule is CN(CC1COc2ccccc2O1)C(=O)c1ccc(-n2ccnc2)c([N+](=O)[O-])c1. The number of para-hydroxylation sites is 2. The van der Waals surface area contributed by atoms with E-state index in [1.807, 2.05) is 24.3 Å². The summed E-state index contributed by atoms with van der Waals surface area (Å²) in [7, 11) is 1.63. The molecule has 1 aromatic heterocycles. The lowest BCUT2D eigenvalue weighted by Crippen LogP contribution is -2.41. The van der Waals surface area contributed by atoms with Crippen molar-refractivity contribution in [1.82, 2.24) is 14.5 Å². The normalized spacial score (nSPS) is 15.0. The molecule has 0 bridgehead atoms. The van der Waals surface area contributed by atoms with Crippen LogP contribution in [-0.4, -0.2) is 51.6 Å². The van der Waals surface area contributed by atoms with Crippen molar-refractivity contribution in [2.24, 2.45) is 0 Å². The van der Waals surface area contributed by atoms with Crippen LogP contribution in [0.5, 0.6) is 11.5 Å². The number of carbonyl (C=O) groups is 1. The lowest BCUT2D eigenvalue weighted by atomic mass is 10.1. The predicted octanol–water partition coefficient (Wildman–Crippen LogP) is 2.69. The molecule has 2 heterocycles. The van der Waals surface area contributed by atoms with Crippen molar-refractivity contribution in [2.75, 3.05) is 20.2 Å². The summed E-state index contributed by atoms with van der Waals surface area (Å²) in [5.41, 5.74) is 0.390. The molecule has 0 radical (unpaired) electrons. The summed E-state index contributed by atoms with van der Waals surface area (Å²) in [6.45, 7) is 0.596. The first kappa shape index (κ1) is 18.5. The zero-order chi connectivity index (χ0) is 20.4. The van der Waals surface area contributed by atoms with Gasteiger partial charge in [0, 0.05) is 31.1 Å². The molecular formula is C20H18N4O5. The summed E-state index contributed by atoms with van der Waals surface area (Å²) in [6, 6.07) is 11.7. The maximum Gasteiger partial charge on any atom is 0.294 e. The van der Waals surface area contributed by atoms with Crippen LogP contribution >= 0.6 is 0 Å². The van der Waals surface area contributed by atoms with Crippen molar-refractivity contribution in [3.63, 3.8) is 0 Å². The van der Waals surface area contributed by atoms with Gasteiger partial charge in [-0.25, -0.2) is 4.98 Å². The second-order valence-corrected chi connectivity index (χ2v) is 6.61. The lowest BCUT2D eigenvalue weighted by molar-refractivity contribution is -0.384. The fraction of sp³-hybridized carbons (Fsp3) is 0.200. The Morgan fingerprint density at radius 3 is 2.83 bits per heavy atom. The summed E-state index contributed by atoms with van der Waals surface area (Å²) in [6.07, 6.45) is 4.27. The van der Waals surface area contributed by atoms with E-state index in [4.69, 9.17) is 9.47 Å². The monoisotopic (exact) mass is 394 g/mol. The predicted molar refractivity (Wildman–Crippen MR) is 104 cm³/mol. The summed E-state index contributed by atoms with van der Waals surface area (Å²) >= 11 is 0. The number of fused-ring (bicyclic) bond motifs is 1. The van der Waals surface area contributed by atoms with Crippen LogP contribution in [0, 0.1) is 10.1 Å². The third kappa shape index (κ3) is 3.75. The van der Waals surface area contributed by atoms with Crippen molar-refractivity contribution in [1.29, 1.82) is 0 Å². The first-order valence-electron chi connectivity index (χ1n) is 8.93. The van der Waals surface area contributed by atoms with E-state index < -0.39 is 4.92 Å². The van der Waals surface area contributed by atoms with Crippen LogP contribution in [0.2, 0.25) is 0 Å². The fourth-order valence-electron chi connectivity index (χ4n) is 3.18. The number of rotatable bonds is 5. The van der Waals surface area contributed by atoms with Crippen LogP contribution in [0.1, 0.15) is 10.4 Å². The van der Waals surface area contributed by atoms with Gasteiger partial charge in [-0.2, -0.15) is 0 Å². The Bertz CT molecular complexity index is 1050. The molecule has 9 heteroatoms. The molecule has 1 unspecified atom stereocenters. The molecule has 2 aromatic carbocycles. The van der Waals surface area contributed by atoms with Crippen LogP contribution in [-0.2, 0) is 0 Å². The van der Waals surface area contributed by atoms with Crippen LogP contribution in [0.15, 0.2) is 61.2 Å². The molecule has 148 valence electrons. The highest BCUT2D eigenvalue weighted by atomic mass is 16.6. The first-order chi connectivity index (χ1) is 14.0. The molecule has 0 saturated heterocycles. The summed E-state index contributed by atoms with van der Waals surface area (Å²) in [5.74, 6) is 0.959. The van der Waals surface area contributed by atoms with Gasteiger partial charge in [0.2, 0.25) is 0 Å². The number of likely N-dealkylation sites (N-methyl/N-ethyl adjacent to an activating group) is 1. The molecule has 9 nitrogen and oxygen atoms in total. The van der Waals surface area contributed by atoms with Gasteiger partial charge in [0.25, 0.3) is 11.6 Å². The maximum atomic E-state index is 12.8. The molecule has 1 amide bonds. The molecule has 0 saturated carbocycles. The van der Waals surface area contributed by atoms with Gasteiger partial charge in [-0.05, 0) is 24.3 Å². The van der Waals surface area contributed by atoms with Crippen molar-refractivity contribution >= 4 is 11.6 Å². The van der Waals surface area contributed by atoms with E-state index in [-0.39, 0.29) is 29.8 Å². The zero-order valence-electron chi connectivity index (χ0n) is 15.6. The summed E-state index contributed by atoms with van der Waals surface area (Å²) in [4.78, 5) is 29.2. The minimum absolute atomic E-state index is 0.173. The van der Waals surface area contributed by atoms with Gasteiger partial charge in [0.05, 0.1) is 17.8 Å². The third-order valence-electron chi connectivity index (χ3n) is 4.59. The minimum Gasteiger partial charge on any atom is -0.486 e. The largest absolute Gasteiger partial charge is 0.486 e. The highest BCUT2D eigenvalue weighted by molar-refractivity contribution is 5.95. The molecular weight excluding hydrogens is 376 g/mol. The number of amides is 1. The van der Waals surface area contributed by atoms with Gasteiger partial charge in [0.1, 0.15) is 12.3 Å². The number of hydrogen-bond acceptors (Lipinski definition) is 6. The molecule has 3 aromatic rings. The molecule has 1 aliphatic rings. The summed E-state index contributed by atoms with van der Waals surface area (Å²) in [5, 5.41) is 11.5. The topological polar surface area (TPSA) is 99.7 Å². The number of ether oxygens (including phenoxy) is 2. The Balaban J connectivity index is 1.50. The van der Waals surface area contributed by atoms with Crippen molar-refractivity contribution in [3.05, 3.63) is 76.9 Å². The second-order valence-electron chi connectivity index (χ2n) is 6.61. The van der Waals surface area contributed by atoms with Gasteiger partial charge in [-0.15, -0.1) is 0 Å². The van der Waals surface area contributed by atoms with Crippen LogP contribution < -0.4 is 9.47 Å². The van der Waals surface area contributed by atoms with Crippen LogP contribution in [0.4, 0.5) is 5.69 Å². The van der Waals surface area contributed by atoms with Crippen LogP contribution in [0.3, 0.4) is 0 Å². The Hall–Kier alpha value is -3.88. The fourth-order valence-corrected chi connectivity index (χ4v) is 3.18. The molecule has 0 fully saturated rings. The number of hydrogen-bond donors (Lipinski definition) is 0. The van der Waals surface area contributed by atoms with Crippen molar-refractivity contribution < 1.29 is 19.2 Å². The number of nitro groups is 1. The van der Waals surface area contributed by atoms with E-state index in [1.165, 1.54) is 34.1 Å². The highest BCUT2D eigenvalue weighted by Crippen LogP contribution is 2.31. The highest BCUT2D eigenvalue weighted by Gasteiger charge is 2.25. The molecule has 1 aliphatic heterocycles. The Labute approximate surface area is 166 Å². The summed E-state index contributed by atoms with van der Waals surface area (Å²) < 4.78 is 13.1. The molecule has 4 rings (SSSR count). The first-order valence-corrected chi connectivity index (χ1v) is 8.93. The third-order valence-corrected chi connectivity index (χ3v) is 4.59. The van der Waals surface area contributed by atoms with Gasteiger partial charge >= 0.3 is 0 Å². The quantitative estimate of drug-likeness (QED) is 0.487. The lowest BCUT2D eigenvalue weighted by Gasteiger charge is -2.29. The molecule has 29 heavy (non-hydrogen) atoms. The molecule has 1 atom stereocenters. The van der Waals surface area contributed by atoms with Gasteiger partial charge in [0.15, 0.2) is 17.6 Å².